The van der Waals surface area contributed by atoms with Gasteiger partial charge < -0.3 is 20.8 Å². The molecule has 0 spiro atoms. The standard InChI is InChI=1S/C19H19BrN4O2/c1-12-6-8-13(9-7-12)26-17-5-3-2-4-15(17)24-19(25)14(21)10-16-18(20)23-11-22-16/h2-9,11,14H,10,21H2,1H3,(H,22,23)(H,24,25). The van der Waals surface area contributed by atoms with Gasteiger partial charge in [-0.05, 0) is 47.1 Å². The van der Waals surface area contributed by atoms with Crippen LogP contribution in [0.25, 0.3) is 0 Å². The molecule has 0 aliphatic carbocycles. The lowest BCUT2D eigenvalue weighted by Crippen LogP contribution is -2.37. The van der Waals surface area contributed by atoms with Crippen molar-refractivity contribution in [2.45, 2.75) is 19.4 Å². The van der Waals surface area contributed by atoms with Crippen LogP contribution in [0.3, 0.4) is 0 Å². The van der Waals surface area contributed by atoms with Crippen LogP contribution in [0.5, 0.6) is 11.5 Å². The van der Waals surface area contributed by atoms with Crippen LogP contribution in [0.2, 0.25) is 0 Å². The second-order valence-electron chi connectivity index (χ2n) is 5.88. The molecule has 1 unspecified atom stereocenters. The number of nitrogens with two attached hydrogens (primary N) is 1. The molecule has 1 atom stereocenters. The Hall–Kier alpha value is -2.64. The summed E-state index contributed by atoms with van der Waals surface area (Å²) in [5.41, 5.74) is 8.51. The van der Waals surface area contributed by atoms with Crippen molar-refractivity contribution in [3.63, 3.8) is 0 Å². The number of hydrogen-bond donors (Lipinski definition) is 3. The Morgan fingerprint density at radius 3 is 2.69 bits per heavy atom. The van der Waals surface area contributed by atoms with Crippen molar-refractivity contribution in [2.24, 2.45) is 5.73 Å². The molecule has 7 heteroatoms. The number of aryl methyl sites for hydroxylation is 1. The van der Waals surface area contributed by atoms with E-state index in [-0.39, 0.29) is 5.91 Å². The first-order chi connectivity index (χ1) is 12.5. The van der Waals surface area contributed by atoms with Crippen molar-refractivity contribution in [3.8, 4) is 11.5 Å². The first-order valence-corrected chi connectivity index (χ1v) is 8.90. The number of halogens is 1. The van der Waals surface area contributed by atoms with Crippen LogP contribution in [0.15, 0.2) is 59.5 Å². The average molecular weight is 415 g/mol. The Labute approximate surface area is 159 Å². The summed E-state index contributed by atoms with van der Waals surface area (Å²) in [5.74, 6) is 0.953. The zero-order valence-corrected chi connectivity index (χ0v) is 15.8. The quantitative estimate of drug-likeness (QED) is 0.571. The van der Waals surface area contributed by atoms with Gasteiger partial charge in [0.25, 0.3) is 0 Å². The Balaban J connectivity index is 1.70. The summed E-state index contributed by atoms with van der Waals surface area (Å²) in [6, 6.07) is 14.2. The molecule has 1 aromatic heterocycles. The van der Waals surface area contributed by atoms with Gasteiger partial charge >= 0.3 is 0 Å². The molecule has 0 saturated carbocycles. The van der Waals surface area contributed by atoms with Crippen molar-refractivity contribution in [2.75, 3.05) is 5.32 Å². The summed E-state index contributed by atoms with van der Waals surface area (Å²) in [5, 5.41) is 2.84. The van der Waals surface area contributed by atoms with Crippen molar-refractivity contribution >= 4 is 27.5 Å². The first-order valence-electron chi connectivity index (χ1n) is 8.10. The number of rotatable bonds is 6. The van der Waals surface area contributed by atoms with Gasteiger partial charge in [-0.2, -0.15) is 0 Å². The van der Waals surface area contributed by atoms with Gasteiger partial charge in [-0.25, -0.2) is 4.98 Å². The van der Waals surface area contributed by atoms with Gasteiger partial charge in [0.2, 0.25) is 5.91 Å². The molecular formula is C19H19BrN4O2. The predicted molar refractivity (Wildman–Crippen MR) is 104 cm³/mol. The summed E-state index contributed by atoms with van der Waals surface area (Å²) in [6.07, 6.45) is 1.89. The zero-order valence-electron chi connectivity index (χ0n) is 14.2. The number of H-pyrrole nitrogens is 1. The SMILES string of the molecule is Cc1ccc(Oc2ccccc2NC(=O)C(N)Cc2[nH]cnc2Br)cc1. The minimum Gasteiger partial charge on any atom is -0.455 e. The second kappa shape index (κ2) is 8.16. The zero-order chi connectivity index (χ0) is 18.5. The fourth-order valence-corrected chi connectivity index (χ4v) is 2.76. The van der Waals surface area contributed by atoms with Crippen LogP contribution in [0.1, 0.15) is 11.3 Å². The molecule has 3 rings (SSSR count). The van der Waals surface area contributed by atoms with Crippen molar-refractivity contribution in [3.05, 3.63) is 70.7 Å². The van der Waals surface area contributed by atoms with E-state index in [1.807, 2.05) is 43.3 Å². The number of ether oxygens (including phenoxy) is 1. The smallest absolute Gasteiger partial charge is 0.241 e. The van der Waals surface area contributed by atoms with Crippen LogP contribution in [-0.4, -0.2) is 21.9 Å². The first kappa shape index (κ1) is 18.2. The van der Waals surface area contributed by atoms with Gasteiger partial charge in [0, 0.05) is 6.42 Å². The molecule has 0 saturated heterocycles. The van der Waals surface area contributed by atoms with Gasteiger partial charge in [-0.1, -0.05) is 29.8 Å². The highest BCUT2D eigenvalue weighted by molar-refractivity contribution is 9.10. The fourth-order valence-electron chi connectivity index (χ4n) is 2.38. The van der Waals surface area contributed by atoms with Crippen LogP contribution in [-0.2, 0) is 11.2 Å². The van der Waals surface area contributed by atoms with Gasteiger partial charge in [0.05, 0.1) is 23.8 Å². The molecule has 0 aliphatic rings. The topological polar surface area (TPSA) is 93.0 Å². The second-order valence-corrected chi connectivity index (χ2v) is 6.63. The van der Waals surface area contributed by atoms with Crippen molar-refractivity contribution in [1.29, 1.82) is 0 Å². The molecule has 0 fully saturated rings. The lowest BCUT2D eigenvalue weighted by molar-refractivity contribution is -0.117. The van der Waals surface area contributed by atoms with Gasteiger partial charge in [0.1, 0.15) is 10.4 Å². The number of carbonyl (C=O) groups is 1. The maximum absolute atomic E-state index is 12.5. The van der Waals surface area contributed by atoms with E-state index >= 15 is 0 Å². The molecule has 3 aromatic rings. The number of carbonyl (C=O) groups excluding carboxylic acids is 1. The number of hydrogen-bond acceptors (Lipinski definition) is 4. The molecule has 1 amide bonds. The Morgan fingerprint density at radius 2 is 2.00 bits per heavy atom. The molecule has 4 N–H and O–H groups in total. The van der Waals surface area contributed by atoms with Crippen LogP contribution in [0, 0.1) is 6.92 Å². The van der Waals surface area contributed by atoms with E-state index < -0.39 is 6.04 Å². The number of para-hydroxylation sites is 2. The van der Waals surface area contributed by atoms with Gasteiger partial charge in [0.15, 0.2) is 5.75 Å². The predicted octanol–water partition coefficient (Wildman–Crippen LogP) is 3.78. The minimum absolute atomic E-state index is 0.300. The third-order valence-corrected chi connectivity index (χ3v) is 4.50. The van der Waals surface area contributed by atoms with E-state index in [0.717, 1.165) is 11.3 Å². The Bertz CT molecular complexity index is 893. The number of aromatic amines is 1. The summed E-state index contributed by atoms with van der Waals surface area (Å²) in [7, 11) is 0. The number of anilines is 1. The molecule has 0 aliphatic heterocycles. The molecule has 1 heterocycles. The minimum atomic E-state index is -0.723. The van der Waals surface area contributed by atoms with Crippen molar-refractivity contribution in [1.82, 2.24) is 9.97 Å². The maximum atomic E-state index is 12.5. The van der Waals surface area contributed by atoms with E-state index in [1.54, 1.807) is 18.5 Å². The molecular weight excluding hydrogens is 396 g/mol. The largest absolute Gasteiger partial charge is 0.455 e. The van der Waals surface area contributed by atoms with E-state index in [0.29, 0.717) is 28.2 Å². The summed E-state index contributed by atoms with van der Waals surface area (Å²) < 4.78 is 6.55. The van der Waals surface area contributed by atoms with E-state index in [4.69, 9.17) is 10.5 Å². The Morgan fingerprint density at radius 1 is 1.27 bits per heavy atom. The summed E-state index contributed by atoms with van der Waals surface area (Å²) >= 11 is 3.31. The van der Waals surface area contributed by atoms with Crippen LogP contribution >= 0.6 is 15.9 Å². The van der Waals surface area contributed by atoms with E-state index in [1.165, 1.54) is 0 Å². The maximum Gasteiger partial charge on any atom is 0.241 e. The number of amides is 1. The fraction of sp³-hybridized carbons (Fsp3) is 0.158. The highest BCUT2D eigenvalue weighted by Crippen LogP contribution is 2.29. The number of aromatic nitrogens is 2. The highest BCUT2D eigenvalue weighted by atomic mass is 79.9. The van der Waals surface area contributed by atoms with Crippen LogP contribution in [0.4, 0.5) is 5.69 Å². The number of nitrogens with one attached hydrogen (secondary N) is 2. The monoisotopic (exact) mass is 414 g/mol. The van der Waals surface area contributed by atoms with E-state index in [9.17, 15) is 4.79 Å². The third-order valence-electron chi connectivity index (χ3n) is 3.82. The molecule has 0 radical (unpaired) electrons. The Kier molecular flexibility index (Phi) is 5.70. The number of nitrogens with zero attached hydrogens (tertiary/aromatic N) is 1. The van der Waals surface area contributed by atoms with Gasteiger partial charge in [-0.3, -0.25) is 4.79 Å². The molecule has 134 valence electrons. The summed E-state index contributed by atoms with van der Waals surface area (Å²) in [4.78, 5) is 19.5. The number of benzene rings is 2. The van der Waals surface area contributed by atoms with Gasteiger partial charge in [-0.15, -0.1) is 0 Å². The lowest BCUT2D eigenvalue weighted by atomic mass is 10.1. The van der Waals surface area contributed by atoms with Crippen molar-refractivity contribution < 1.29 is 9.53 Å². The molecule has 2 aromatic carbocycles. The average Bonchev–Trinajstić information content (AvgIpc) is 3.03. The van der Waals surface area contributed by atoms with E-state index in [2.05, 4.69) is 31.2 Å². The molecule has 26 heavy (non-hydrogen) atoms. The summed E-state index contributed by atoms with van der Waals surface area (Å²) in [6.45, 7) is 2.01. The normalized spacial score (nSPS) is 11.8. The lowest BCUT2D eigenvalue weighted by Gasteiger charge is -2.15. The highest BCUT2D eigenvalue weighted by Gasteiger charge is 2.18. The molecule has 0 bridgehead atoms. The number of imidazole rings is 1. The van der Waals surface area contributed by atoms with Crippen LogP contribution < -0.4 is 15.8 Å². The third kappa shape index (κ3) is 4.50. The molecule has 6 nitrogen and oxygen atoms in total.